The Morgan fingerprint density at radius 2 is 2.00 bits per heavy atom. The number of hydrogen-bond donors (Lipinski definition) is 1. The van der Waals surface area contributed by atoms with Crippen LogP contribution in [0, 0.1) is 6.92 Å². The summed E-state index contributed by atoms with van der Waals surface area (Å²) in [5.41, 5.74) is 3.51. The van der Waals surface area contributed by atoms with Crippen molar-refractivity contribution < 1.29 is 14.3 Å². The zero-order valence-electron chi connectivity index (χ0n) is 14.9. The number of nitrogens with one attached hydrogen (secondary N) is 1. The van der Waals surface area contributed by atoms with Crippen molar-refractivity contribution in [2.45, 2.75) is 20.8 Å². The number of rotatable bonds is 5. The molecule has 0 unspecified atom stereocenters. The molecule has 0 aliphatic heterocycles. The maximum atomic E-state index is 12.4. The summed E-state index contributed by atoms with van der Waals surface area (Å²) in [6.45, 7) is 5.41. The van der Waals surface area contributed by atoms with Crippen LogP contribution in [0.3, 0.4) is 0 Å². The quantitative estimate of drug-likeness (QED) is 0.552. The van der Waals surface area contributed by atoms with Crippen molar-refractivity contribution in [3.8, 4) is 0 Å². The number of aromatic nitrogens is 2. The SMILES string of the molecule is CCOC(=O)c1cnc2nc(C)ccc2c1Nc1cccc(C(C)=O)c1. The van der Waals surface area contributed by atoms with Crippen LogP contribution < -0.4 is 5.32 Å². The summed E-state index contributed by atoms with van der Waals surface area (Å²) >= 11 is 0. The van der Waals surface area contributed by atoms with Gasteiger partial charge in [-0.05, 0) is 45.0 Å². The lowest BCUT2D eigenvalue weighted by molar-refractivity contribution is 0.0527. The van der Waals surface area contributed by atoms with Crippen LogP contribution in [-0.4, -0.2) is 28.3 Å². The van der Waals surface area contributed by atoms with Crippen LogP contribution in [0.4, 0.5) is 11.4 Å². The van der Waals surface area contributed by atoms with E-state index in [1.54, 1.807) is 25.1 Å². The summed E-state index contributed by atoms with van der Waals surface area (Å²) in [4.78, 5) is 32.7. The Balaban J connectivity index is 2.14. The fourth-order valence-corrected chi connectivity index (χ4v) is 2.63. The van der Waals surface area contributed by atoms with E-state index in [4.69, 9.17) is 4.74 Å². The third-order valence-electron chi connectivity index (χ3n) is 3.90. The number of Topliss-reactive ketones (excluding diaryl/α,β-unsaturated/α-hetero) is 1. The second-order valence-electron chi connectivity index (χ2n) is 5.85. The van der Waals surface area contributed by atoms with Gasteiger partial charge in [-0.1, -0.05) is 12.1 Å². The van der Waals surface area contributed by atoms with Gasteiger partial charge in [0.05, 0.1) is 12.3 Å². The van der Waals surface area contributed by atoms with E-state index < -0.39 is 5.97 Å². The predicted molar refractivity (Wildman–Crippen MR) is 100.0 cm³/mol. The highest BCUT2D eigenvalue weighted by Crippen LogP contribution is 2.29. The van der Waals surface area contributed by atoms with Crippen molar-refractivity contribution in [2.75, 3.05) is 11.9 Å². The molecule has 0 bridgehead atoms. The number of ketones is 1. The smallest absolute Gasteiger partial charge is 0.341 e. The summed E-state index contributed by atoms with van der Waals surface area (Å²) in [5, 5.41) is 3.94. The van der Waals surface area contributed by atoms with Gasteiger partial charge in [0, 0.05) is 28.5 Å². The Kier molecular flexibility index (Phi) is 4.93. The molecule has 0 saturated heterocycles. The topological polar surface area (TPSA) is 81.2 Å². The molecule has 0 amide bonds. The summed E-state index contributed by atoms with van der Waals surface area (Å²) in [5.74, 6) is -0.496. The molecule has 1 aromatic carbocycles. The van der Waals surface area contributed by atoms with Crippen LogP contribution in [0.25, 0.3) is 11.0 Å². The van der Waals surface area contributed by atoms with Crippen LogP contribution in [0.1, 0.15) is 40.3 Å². The monoisotopic (exact) mass is 349 g/mol. The molecule has 0 atom stereocenters. The van der Waals surface area contributed by atoms with Crippen molar-refractivity contribution in [3.63, 3.8) is 0 Å². The number of nitrogens with zero attached hydrogens (tertiary/aromatic N) is 2. The molecule has 6 heteroatoms. The number of ether oxygens (including phenoxy) is 1. The van der Waals surface area contributed by atoms with Gasteiger partial charge in [-0.3, -0.25) is 4.79 Å². The molecule has 2 aromatic heterocycles. The number of benzene rings is 1. The van der Waals surface area contributed by atoms with Crippen LogP contribution in [0.5, 0.6) is 0 Å². The van der Waals surface area contributed by atoms with Gasteiger partial charge < -0.3 is 10.1 Å². The minimum Gasteiger partial charge on any atom is -0.462 e. The first kappa shape index (κ1) is 17.5. The van der Waals surface area contributed by atoms with E-state index in [2.05, 4.69) is 15.3 Å². The molecule has 26 heavy (non-hydrogen) atoms. The van der Waals surface area contributed by atoms with E-state index in [-0.39, 0.29) is 12.4 Å². The molecule has 2 heterocycles. The lowest BCUT2D eigenvalue weighted by atomic mass is 10.1. The average molecular weight is 349 g/mol. The first-order chi connectivity index (χ1) is 12.5. The second kappa shape index (κ2) is 7.31. The maximum Gasteiger partial charge on any atom is 0.341 e. The third kappa shape index (κ3) is 3.54. The normalized spacial score (nSPS) is 10.6. The molecular formula is C20H19N3O3. The fraction of sp³-hybridized carbons (Fsp3) is 0.200. The molecule has 3 aromatic rings. The number of pyridine rings is 2. The molecule has 0 saturated carbocycles. The highest BCUT2D eigenvalue weighted by Gasteiger charge is 2.18. The van der Waals surface area contributed by atoms with Crippen molar-refractivity contribution >= 4 is 34.2 Å². The number of hydrogen-bond acceptors (Lipinski definition) is 6. The van der Waals surface area contributed by atoms with Crippen LogP contribution in [-0.2, 0) is 4.74 Å². The lowest BCUT2D eigenvalue weighted by Crippen LogP contribution is -2.10. The molecule has 0 spiro atoms. The number of aryl methyl sites for hydroxylation is 1. The van der Waals surface area contributed by atoms with E-state index in [9.17, 15) is 9.59 Å². The molecule has 3 rings (SSSR count). The van der Waals surface area contributed by atoms with E-state index in [1.165, 1.54) is 13.1 Å². The maximum absolute atomic E-state index is 12.4. The molecule has 0 fully saturated rings. The summed E-state index contributed by atoms with van der Waals surface area (Å²) in [7, 11) is 0. The van der Waals surface area contributed by atoms with E-state index in [1.807, 2.05) is 25.1 Å². The average Bonchev–Trinajstić information content (AvgIpc) is 2.62. The van der Waals surface area contributed by atoms with Gasteiger partial charge in [-0.15, -0.1) is 0 Å². The van der Waals surface area contributed by atoms with Gasteiger partial charge in [0.25, 0.3) is 0 Å². The Morgan fingerprint density at radius 3 is 2.73 bits per heavy atom. The number of esters is 1. The summed E-state index contributed by atoms with van der Waals surface area (Å²) in [6.07, 6.45) is 1.46. The predicted octanol–water partition coefficient (Wildman–Crippen LogP) is 4.06. The first-order valence-electron chi connectivity index (χ1n) is 8.31. The van der Waals surface area contributed by atoms with Crippen molar-refractivity contribution in [1.82, 2.24) is 9.97 Å². The Bertz CT molecular complexity index is 999. The number of carbonyl (C=O) groups excluding carboxylic acids is 2. The molecule has 1 N–H and O–H groups in total. The molecule has 0 aliphatic carbocycles. The Labute approximate surface area is 151 Å². The summed E-state index contributed by atoms with van der Waals surface area (Å²) in [6, 6.07) is 10.8. The number of fused-ring (bicyclic) bond motifs is 1. The largest absolute Gasteiger partial charge is 0.462 e. The van der Waals surface area contributed by atoms with Crippen molar-refractivity contribution in [3.05, 3.63) is 59.4 Å². The Hall–Kier alpha value is -3.28. The molecule has 132 valence electrons. The van der Waals surface area contributed by atoms with Crippen LogP contribution in [0.15, 0.2) is 42.6 Å². The zero-order valence-corrected chi connectivity index (χ0v) is 14.9. The first-order valence-corrected chi connectivity index (χ1v) is 8.31. The molecule has 0 radical (unpaired) electrons. The zero-order chi connectivity index (χ0) is 18.7. The molecule has 6 nitrogen and oxygen atoms in total. The minimum atomic E-state index is -0.465. The number of carbonyl (C=O) groups is 2. The Morgan fingerprint density at radius 1 is 1.19 bits per heavy atom. The van der Waals surface area contributed by atoms with Gasteiger partial charge in [0.2, 0.25) is 0 Å². The summed E-state index contributed by atoms with van der Waals surface area (Å²) < 4.78 is 5.15. The lowest BCUT2D eigenvalue weighted by Gasteiger charge is -2.14. The molecule has 0 aliphatic rings. The van der Waals surface area contributed by atoms with E-state index in [0.717, 1.165) is 5.69 Å². The van der Waals surface area contributed by atoms with Crippen molar-refractivity contribution in [1.29, 1.82) is 0 Å². The van der Waals surface area contributed by atoms with E-state index in [0.29, 0.717) is 33.5 Å². The molecular weight excluding hydrogens is 330 g/mol. The fourth-order valence-electron chi connectivity index (χ4n) is 2.63. The van der Waals surface area contributed by atoms with Crippen LogP contribution >= 0.6 is 0 Å². The third-order valence-corrected chi connectivity index (χ3v) is 3.90. The van der Waals surface area contributed by atoms with Gasteiger partial charge in [0.1, 0.15) is 5.56 Å². The minimum absolute atomic E-state index is 0.0313. The van der Waals surface area contributed by atoms with Gasteiger partial charge in [-0.25, -0.2) is 14.8 Å². The van der Waals surface area contributed by atoms with Gasteiger partial charge in [-0.2, -0.15) is 0 Å². The highest BCUT2D eigenvalue weighted by molar-refractivity contribution is 6.05. The van der Waals surface area contributed by atoms with Crippen LogP contribution in [0.2, 0.25) is 0 Å². The second-order valence-corrected chi connectivity index (χ2v) is 5.85. The van der Waals surface area contributed by atoms with Crippen molar-refractivity contribution in [2.24, 2.45) is 0 Å². The van der Waals surface area contributed by atoms with Gasteiger partial charge >= 0.3 is 5.97 Å². The highest BCUT2D eigenvalue weighted by atomic mass is 16.5. The number of anilines is 2. The van der Waals surface area contributed by atoms with Gasteiger partial charge in [0.15, 0.2) is 11.4 Å². The standard InChI is InChI=1S/C20H19N3O3/c1-4-26-20(25)17-11-21-19-16(9-8-12(2)22-19)18(17)23-15-7-5-6-14(10-15)13(3)24/h5-11H,4H2,1-3H3,(H,21,22,23). The van der Waals surface area contributed by atoms with E-state index >= 15 is 0 Å².